The Morgan fingerprint density at radius 3 is 2.84 bits per heavy atom. The van der Waals surface area contributed by atoms with Crippen molar-refractivity contribution < 1.29 is 4.79 Å². The molecular formula is C15H19N3O. The first-order valence-corrected chi connectivity index (χ1v) is 6.43. The average molecular weight is 257 g/mol. The van der Waals surface area contributed by atoms with Gasteiger partial charge in [-0.3, -0.25) is 4.79 Å². The van der Waals surface area contributed by atoms with E-state index in [1.807, 2.05) is 25.2 Å². The molecule has 4 nitrogen and oxygen atoms in total. The fraction of sp³-hybridized carbons (Fsp3) is 0.333. The van der Waals surface area contributed by atoms with E-state index in [9.17, 15) is 4.79 Å². The minimum Gasteiger partial charge on any atom is -0.352 e. The Bertz CT molecular complexity index is 613. The Kier molecular flexibility index (Phi) is 4.00. The molecule has 0 spiro atoms. The molecule has 0 aliphatic rings. The Morgan fingerprint density at radius 1 is 1.42 bits per heavy atom. The maximum absolute atomic E-state index is 11.3. The molecule has 19 heavy (non-hydrogen) atoms. The smallest absolute Gasteiger partial charge is 0.246 e. The SMILES string of the molecule is C=C(C)C(=O)NCCCc1nc2ccccc2n1C. The third-order valence-electron chi connectivity index (χ3n) is 3.13. The van der Waals surface area contributed by atoms with Crippen LogP contribution in [0, 0.1) is 0 Å². The summed E-state index contributed by atoms with van der Waals surface area (Å²) in [5, 5.41) is 2.83. The lowest BCUT2D eigenvalue weighted by molar-refractivity contribution is -0.117. The lowest BCUT2D eigenvalue weighted by Crippen LogP contribution is -2.25. The highest BCUT2D eigenvalue weighted by Gasteiger charge is 2.07. The number of aryl methyl sites for hydroxylation is 2. The standard InChI is InChI=1S/C15H19N3O/c1-11(2)15(19)16-10-6-9-14-17-12-7-4-5-8-13(12)18(14)3/h4-5,7-8H,1,6,9-10H2,2-3H3,(H,16,19). The normalized spacial score (nSPS) is 10.6. The predicted octanol–water partition coefficient (Wildman–Crippen LogP) is 2.20. The summed E-state index contributed by atoms with van der Waals surface area (Å²) in [4.78, 5) is 15.9. The first-order chi connectivity index (χ1) is 9.09. The van der Waals surface area contributed by atoms with Crippen molar-refractivity contribution in [2.24, 2.45) is 7.05 Å². The van der Waals surface area contributed by atoms with Crippen molar-refractivity contribution >= 4 is 16.9 Å². The van der Waals surface area contributed by atoms with Gasteiger partial charge in [-0.05, 0) is 25.5 Å². The Balaban J connectivity index is 1.93. The topological polar surface area (TPSA) is 46.9 Å². The maximum atomic E-state index is 11.3. The summed E-state index contributed by atoms with van der Waals surface area (Å²) in [6.07, 6.45) is 1.72. The van der Waals surface area contributed by atoms with E-state index in [1.165, 1.54) is 0 Å². The Morgan fingerprint density at radius 2 is 2.16 bits per heavy atom. The van der Waals surface area contributed by atoms with Crippen LogP contribution >= 0.6 is 0 Å². The second kappa shape index (κ2) is 5.69. The van der Waals surface area contributed by atoms with Crippen molar-refractivity contribution in [1.82, 2.24) is 14.9 Å². The first kappa shape index (κ1) is 13.3. The fourth-order valence-corrected chi connectivity index (χ4v) is 2.02. The lowest BCUT2D eigenvalue weighted by Gasteiger charge is -2.05. The van der Waals surface area contributed by atoms with E-state index in [1.54, 1.807) is 6.92 Å². The molecule has 0 saturated heterocycles. The van der Waals surface area contributed by atoms with Crippen LogP contribution in [0.5, 0.6) is 0 Å². The molecule has 0 aliphatic carbocycles. The first-order valence-electron chi connectivity index (χ1n) is 6.43. The van der Waals surface area contributed by atoms with Gasteiger partial charge in [-0.1, -0.05) is 18.7 Å². The van der Waals surface area contributed by atoms with E-state index in [-0.39, 0.29) is 5.91 Å². The number of hydrogen-bond acceptors (Lipinski definition) is 2. The third kappa shape index (κ3) is 3.02. The second-order valence-electron chi connectivity index (χ2n) is 4.72. The third-order valence-corrected chi connectivity index (χ3v) is 3.13. The highest BCUT2D eigenvalue weighted by molar-refractivity contribution is 5.92. The molecule has 4 heteroatoms. The number of carbonyl (C=O) groups excluding carboxylic acids is 1. The summed E-state index contributed by atoms with van der Waals surface area (Å²) in [6.45, 7) is 5.96. The molecule has 0 atom stereocenters. The van der Waals surface area contributed by atoms with Gasteiger partial charge in [0.15, 0.2) is 0 Å². The molecule has 0 bridgehead atoms. The van der Waals surface area contributed by atoms with Crippen LogP contribution in [0.15, 0.2) is 36.4 Å². The number of nitrogens with zero attached hydrogens (tertiary/aromatic N) is 2. The molecule has 2 rings (SSSR count). The van der Waals surface area contributed by atoms with Crippen molar-refractivity contribution in [1.29, 1.82) is 0 Å². The zero-order valence-corrected chi connectivity index (χ0v) is 11.4. The molecule has 1 aromatic carbocycles. The van der Waals surface area contributed by atoms with Gasteiger partial charge in [0.1, 0.15) is 5.82 Å². The highest BCUT2D eigenvalue weighted by Crippen LogP contribution is 2.14. The van der Waals surface area contributed by atoms with Gasteiger partial charge < -0.3 is 9.88 Å². The van der Waals surface area contributed by atoms with Crippen LogP contribution in [-0.4, -0.2) is 22.0 Å². The monoisotopic (exact) mass is 257 g/mol. The van der Waals surface area contributed by atoms with Gasteiger partial charge in [0.25, 0.3) is 0 Å². The number of para-hydroxylation sites is 2. The predicted molar refractivity (Wildman–Crippen MR) is 76.9 cm³/mol. The molecule has 1 amide bonds. The van der Waals surface area contributed by atoms with Gasteiger partial charge in [-0.2, -0.15) is 0 Å². The van der Waals surface area contributed by atoms with Crippen LogP contribution in [0.4, 0.5) is 0 Å². The van der Waals surface area contributed by atoms with E-state index in [2.05, 4.69) is 27.5 Å². The molecule has 100 valence electrons. The molecule has 0 saturated carbocycles. The molecule has 1 aromatic heterocycles. The van der Waals surface area contributed by atoms with Crippen LogP contribution in [0.3, 0.4) is 0 Å². The van der Waals surface area contributed by atoms with Gasteiger partial charge in [-0.25, -0.2) is 4.98 Å². The number of carbonyl (C=O) groups is 1. The molecule has 0 radical (unpaired) electrons. The Labute approximate surface area is 113 Å². The van der Waals surface area contributed by atoms with Crippen LogP contribution < -0.4 is 5.32 Å². The summed E-state index contributed by atoms with van der Waals surface area (Å²) in [5.74, 6) is 0.968. The van der Waals surface area contributed by atoms with E-state index < -0.39 is 0 Å². The van der Waals surface area contributed by atoms with Gasteiger partial charge in [0, 0.05) is 25.6 Å². The van der Waals surface area contributed by atoms with Crippen molar-refractivity contribution in [2.75, 3.05) is 6.54 Å². The summed E-state index contributed by atoms with van der Waals surface area (Å²) < 4.78 is 2.11. The fourth-order valence-electron chi connectivity index (χ4n) is 2.02. The van der Waals surface area contributed by atoms with E-state index in [0.29, 0.717) is 12.1 Å². The van der Waals surface area contributed by atoms with E-state index >= 15 is 0 Å². The molecule has 0 aliphatic heterocycles. The van der Waals surface area contributed by atoms with Crippen molar-refractivity contribution in [3.8, 4) is 0 Å². The number of benzene rings is 1. The summed E-state index contributed by atoms with van der Waals surface area (Å²) in [5.41, 5.74) is 2.71. The number of imidazole rings is 1. The van der Waals surface area contributed by atoms with Crippen LogP contribution in [0.2, 0.25) is 0 Å². The largest absolute Gasteiger partial charge is 0.352 e. The number of fused-ring (bicyclic) bond motifs is 1. The van der Waals surface area contributed by atoms with Crippen molar-refractivity contribution in [3.63, 3.8) is 0 Å². The minimum absolute atomic E-state index is 0.0787. The van der Waals surface area contributed by atoms with Crippen molar-refractivity contribution in [3.05, 3.63) is 42.2 Å². The van der Waals surface area contributed by atoms with Gasteiger partial charge in [-0.15, -0.1) is 0 Å². The van der Waals surface area contributed by atoms with Crippen molar-refractivity contribution in [2.45, 2.75) is 19.8 Å². The number of hydrogen-bond donors (Lipinski definition) is 1. The second-order valence-corrected chi connectivity index (χ2v) is 4.72. The summed E-state index contributed by atoms with van der Waals surface area (Å²) >= 11 is 0. The van der Waals surface area contributed by atoms with Crippen LogP contribution in [-0.2, 0) is 18.3 Å². The van der Waals surface area contributed by atoms with Gasteiger partial charge in [0.05, 0.1) is 11.0 Å². The quantitative estimate of drug-likeness (QED) is 0.659. The zero-order chi connectivity index (χ0) is 13.8. The van der Waals surface area contributed by atoms with Crippen LogP contribution in [0.25, 0.3) is 11.0 Å². The summed E-state index contributed by atoms with van der Waals surface area (Å²) in [6, 6.07) is 8.09. The molecule has 0 fully saturated rings. The molecule has 2 aromatic rings. The average Bonchev–Trinajstić information content (AvgIpc) is 2.72. The van der Waals surface area contributed by atoms with Gasteiger partial charge >= 0.3 is 0 Å². The molecular weight excluding hydrogens is 238 g/mol. The lowest BCUT2D eigenvalue weighted by atomic mass is 10.2. The summed E-state index contributed by atoms with van der Waals surface area (Å²) in [7, 11) is 2.02. The zero-order valence-electron chi connectivity index (χ0n) is 11.4. The van der Waals surface area contributed by atoms with E-state index in [0.717, 1.165) is 29.7 Å². The molecule has 1 heterocycles. The molecule has 1 N–H and O–H groups in total. The molecule has 0 unspecified atom stereocenters. The number of aromatic nitrogens is 2. The number of amides is 1. The van der Waals surface area contributed by atoms with E-state index in [4.69, 9.17) is 0 Å². The number of rotatable bonds is 5. The Hall–Kier alpha value is -2.10. The number of nitrogens with one attached hydrogen (secondary N) is 1. The minimum atomic E-state index is -0.0787. The highest BCUT2D eigenvalue weighted by atomic mass is 16.1. The van der Waals surface area contributed by atoms with Crippen LogP contribution in [0.1, 0.15) is 19.2 Å². The van der Waals surface area contributed by atoms with Gasteiger partial charge in [0.2, 0.25) is 5.91 Å². The maximum Gasteiger partial charge on any atom is 0.246 e.